The lowest BCUT2D eigenvalue weighted by molar-refractivity contribution is 0.389. The van der Waals surface area contributed by atoms with Crippen LogP contribution >= 0.6 is 0 Å². The Kier molecular flexibility index (Phi) is 0.991. The van der Waals surface area contributed by atoms with Crippen molar-refractivity contribution in [1.29, 1.82) is 0 Å². The largest absolute Gasteiger partial charge is 0.306 e. The third-order valence-corrected chi connectivity index (χ3v) is 3.11. The van der Waals surface area contributed by atoms with Crippen molar-refractivity contribution in [2.24, 2.45) is 5.41 Å². The highest BCUT2D eigenvalue weighted by Gasteiger charge is 2.51. The van der Waals surface area contributed by atoms with Crippen molar-refractivity contribution < 1.29 is 0 Å². The van der Waals surface area contributed by atoms with Crippen LogP contribution in [0.1, 0.15) is 12.8 Å². The van der Waals surface area contributed by atoms with Gasteiger partial charge < -0.3 is 4.90 Å². The standard InChI is InChI=1S/C7H14BN/c1-9-4-6(8)7(5-9)2-3-7/h6H,2-5,8H2,1H3. The van der Waals surface area contributed by atoms with Crippen molar-refractivity contribution in [2.75, 3.05) is 20.1 Å². The van der Waals surface area contributed by atoms with E-state index in [0.29, 0.717) is 0 Å². The van der Waals surface area contributed by atoms with Crippen LogP contribution in [0.25, 0.3) is 0 Å². The first-order valence-electron chi connectivity index (χ1n) is 3.91. The zero-order valence-electron chi connectivity index (χ0n) is 6.35. The first-order valence-corrected chi connectivity index (χ1v) is 3.91. The predicted molar refractivity (Wildman–Crippen MR) is 41.5 cm³/mol. The van der Waals surface area contributed by atoms with E-state index in [2.05, 4.69) is 19.8 Å². The van der Waals surface area contributed by atoms with E-state index >= 15 is 0 Å². The molecule has 1 saturated heterocycles. The van der Waals surface area contributed by atoms with Crippen LogP contribution < -0.4 is 0 Å². The molecule has 1 atom stereocenters. The van der Waals surface area contributed by atoms with Crippen LogP contribution in [0.15, 0.2) is 0 Å². The summed E-state index contributed by atoms with van der Waals surface area (Å²) >= 11 is 0. The molecule has 0 radical (unpaired) electrons. The third kappa shape index (κ3) is 0.726. The summed E-state index contributed by atoms with van der Waals surface area (Å²) in [5.41, 5.74) is 0.800. The fourth-order valence-corrected chi connectivity index (χ4v) is 2.23. The van der Waals surface area contributed by atoms with Gasteiger partial charge in [0.05, 0.1) is 0 Å². The second-order valence-corrected chi connectivity index (χ2v) is 3.96. The minimum Gasteiger partial charge on any atom is -0.306 e. The van der Waals surface area contributed by atoms with Crippen LogP contribution in [-0.2, 0) is 0 Å². The fourth-order valence-electron chi connectivity index (χ4n) is 2.23. The normalized spacial score (nSPS) is 39.9. The molecule has 2 aliphatic rings. The molecular formula is C7H14BN. The molecule has 1 unspecified atom stereocenters. The zero-order chi connectivity index (χ0) is 6.48. The number of likely N-dealkylation sites (tertiary alicyclic amines) is 1. The minimum atomic E-state index is 0.800. The summed E-state index contributed by atoms with van der Waals surface area (Å²) in [4.78, 5) is 2.47. The Morgan fingerprint density at radius 2 is 2.22 bits per heavy atom. The van der Waals surface area contributed by atoms with E-state index in [4.69, 9.17) is 0 Å². The number of nitrogens with zero attached hydrogens (tertiary/aromatic N) is 1. The van der Waals surface area contributed by atoms with Crippen LogP contribution in [0.3, 0.4) is 0 Å². The van der Waals surface area contributed by atoms with Gasteiger partial charge in [0.1, 0.15) is 7.85 Å². The summed E-state index contributed by atoms with van der Waals surface area (Å²) < 4.78 is 0. The maximum Gasteiger partial charge on any atom is 0.107 e. The van der Waals surface area contributed by atoms with Gasteiger partial charge in [-0.25, -0.2) is 0 Å². The minimum absolute atomic E-state index is 0.800. The molecule has 2 rings (SSSR count). The molecule has 0 aromatic heterocycles. The van der Waals surface area contributed by atoms with Crippen molar-refractivity contribution in [3.05, 3.63) is 0 Å². The van der Waals surface area contributed by atoms with Crippen LogP contribution in [0.5, 0.6) is 0 Å². The lowest BCUT2D eigenvalue weighted by atomic mass is 9.77. The van der Waals surface area contributed by atoms with Gasteiger partial charge in [0.15, 0.2) is 0 Å². The Morgan fingerprint density at radius 1 is 1.56 bits per heavy atom. The number of rotatable bonds is 0. The molecule has 1 aliphatic carbocycles. The maximum atomic E-state index is 2.47. The fraction of sp³-hybridized carbons (Fsp3) is 1.00. The van der Waals surface area contributed by atoms with Crippen LogP contribution in [0.4, 0.5) is 0 Å². The summed E-state index contributed by atoms with van der Waals surface area (Å²) in [7, 11) is 4.64. The Hall–Kier alpha value is 0.0249. The summed E-state index contributed by atoms with van der Waals surface area (Å²) in [6, 6.07) is 0. The summed E-state index contributed by atoms with van der Waals surface area (Å²) in [6.07, 6.45) is 3.00. The first-order chi connectivity index (χ1) is 4.23. The molecule has 0 aromatic rings. The van der Waals surface area contributed by atoms with Crippen LogP contribution in [0.2, 0.25) is 5.82 Å². The lowest BCUT2D eigenvalue weighted by Gasteiger charge is -2.08. The molecule has 2 heteroatoms. The Labute approximate surface area is 57.8 Å². The van der Waals surface area contributed by atoms with E-state index in [1.165, 1.54) is 25.9 Å². The molecule has 1 aliphatic heterocycles. The highest BCUT2D eigenvalue weighted by molar-refractivity contribution is 6.12. The highest BCUT2D eigenvalue weighted by Crippen LogP contribution is 2.57. The van der Waals surface area contributed by atoms with Crippen molar-refractivity contribution in [1.82, 2.24) is 4.90 Å². The van der Waals surface area contributed by atoms with Gasteiger partial charge in [-0.05, 0) is 31.8 Å². The average Bonchev–Trinajstić information content (AvgIpc) is 2.42. The first kappa shape index (κ1) is 5.78. The van der Waals surface area contributed by atoms with Gasteiger partial charge in [-0.3, -0.25) is 0 Å². The molecule has 1 heterocycles. The Bertz CT molecular complexity index is 131. The smallest absolute Gasteiger partial charge is 0.107 e. The highest BCUT2D eigenvalue weighted by atomic mass is 15.1. The molecule has 2 fully saturated rings. The molecule has 1 saturated carbocycles. The van der Waals surface area contributed by atoms with E-state index < -0.39 is 0 Å². The average molecular weight is 123 g/mol. The third-order valence-electron chi connectivity index (χ3n) is 3.11. The molecule has 1 nitrogen and oxygen atoms in total. The molecule has 0 amide bonds. The molecule has 0 bridgehead atoms. The maximum absolute atomic E-state index is 2.47. The number of hydrogen-bond donors (Lipinski definition) is 0. The second kappa shape index (κ2) is 1.54. The van der Waals surface area contributed by atoms with Gasteiger partial charge in [0, 0.05) is 6.54 Å². The molecule has 0 aromatic carbocycles. The molecule has 50 valence electrons. The topological polar surface area (TPSA) is 3.24 Å². The van der Waals surface area contributed by atoms with E-state index in [-0.39, 0.29) is 0 Å². The Morgan fingerprint density at radius 3 is 2.44 bits per heavy atom. The van der Waals surface area contributed by atoms with Crippen molar-refractivity contribution in [3.8, 4) is 0 Å². The molecule has 1 spiro atoms. The van der Waals surface area contributed by atoms with Gasteiger partial charge in [0.25, 0.3) is 0 Å². The quantitative estimate of drug-likeness (QED) is 0.414. The Balaban J connectivity index is 2.10. The second-order valence-electron chi connectivity index (χ2n) is 3.96. The van der Waals surface area contributed by atoms with Crippen LogP contribution in [0, 0.1) is 5.41 Å². The number of hydrogen-bond acceptors (Lipinski definition) is 1. The van der Waals surface area contributed by atoms with Gasteiger partial charge in [-0.1, -0.05) is 5.82 Å². The molecule has 0 N–H and O–H groups in total. The SMILES string of the molecule is BC1CN(C)CC12CC2. The van der Waals surface area contributed by atoms with E-state index in [1.54, 1.807) is 0 Å². The van der Waals surface area contributed by atoms with Crippen molar-refractivity contribution in [3.63, 3.8) is 0 Å². The lowest BCUT2D eigenvalue weighted by Crippen LogP contribution is -2.14. The molecular weight excluding hydrogens is 109 g/mol. The summed E-state index contributed by atoms with van der Waals surface area (Å²) in [6.45, 7) is 2.70. The summed E-state index contributed by atoms with van der Waals surface area (Å²) in [5, 5.41) is 0. The zero-order valence-corrected chi connectivity index (χ0v) is 6.35. The van der Waals surface area contributed by atoms with Crippen LogP contribution in [-0.4, -0.2) is 32.9 Å². The predicted octanol–water partition coefficient (Wildman–Crippen LogP) is 0.134. The monoisotopic (exact) mass is 123 g/mol. The van der Waals surface area contributed by atoms with E-state index in [0.717, 1.165) is 11.2 Å². The summed E-state index contributed by atoms with van der Waals surface area (Å²) in [5.74, 6) is 0.975. The van der Waals surface area contributed by atoms with E-state index in [9.17, 15) is 0 Å². The van der Waals surface area contributed by atoms with E-state index in [1.807, 2.05) is 0 Å². The molecule has 9 heavy (non-hydrogen) atoms. The van der Waals surface area contributed by atoms with Gasteiger partial charge >= 0.3 is 0 Å². The van der Waals surface area contributed by atoms with Crippen molar-refractivity contribution in [2.45, 2.75) is 18.7 Å². The van der Waals surface area contributed by atoms with Crippen molar-refractivity contribution >= 4 is 7.85 Å². The van der Waals surface area contributed by atoms with Gasteiger partial charge in [0.2, 0.25) is 0 Å². The van der Waals surface area contributed by atoms with Gasteiger partial charge in [-0.15, -0.1) is 0 Å². The van der Waals surface area contributed by atoms with Gasteiger partial charge in [-0.2, -0.15) is 0 Å².